The second-order valence-electron chi connectivity index (χ2n) is 5.98. The van der Waals surface area contributed by atoms with Crippen LogP contribution in [0.1, 0.15) is 18.9 Å². The standard InChI is InChI=1S/C18H23N5O2/c1-2-9-23-17(7-8-20-23)22-18(25)21-14(12-24)10-13-11-19-16-6-4-3-5-15(13)16/h3-8,11,14,19,24H,2,9-10,12H2,1H3,(H2,21,22,25)/t14-/m1/s1. The molecule has 1 atom stereocenters. The topological polar surface area (TPSA) is 95.0 Å². The number of aryl methyl sites for hydroxylation is 1. The van der Waals surface area contributed by atoms with E-state index >= 15 is 0 Å². The lowest BCUT2D eigenvalue weighted by atomic mass is 10.1. The summed E-state index contributed by atoms with van der Waals surface area (Å²) in [5.74, 6) is 0.642. The van der Waals surface area contributed by atoms with E-state index in [2.05, 4.69) is 27.6 Å². The van der Waals surface area contributed by atoms with Crippen LogP contribution in [0, 0.1) is 0 Å². The van der Waals surface area contributed by atoms with E-state index in [0.717, 1.165) is 29.4 Å². The lowest BCUT2D eigenvalue weighted by molar-refractivity contribution is 0.224. The van der Waals surface area contributed by atoms with E-state index in [-0.39, 0.29) is 18.7 Å². The van der Waals surface area contributed by atoms with Crippen LogP contribution >= 0.6 is 0 Å². The minimum absolute atomic E-state index is 0.138. The Morgan fingerprint density at radius 1 is 1.36 bits per heavy atom. The minimum atomic E-state index is -0.373. The van der Waals surface area contributed by atoms with Crippen LogP contribution in [0.5, 0.6) is 0 Å². The first-order chi connectivity index (χ1) is 12.2. The van der Waals surface area contributed by atoms with Crippen LogP contribution in [-0.2, 0) is 13.0 Å². The average Bonchev–Trinajstić information content (AvgIpc) is 3.22. The number of hydrogen-bond donors (Lipinski definition) is 4. The highest BCUT2D eigenvalue weighted by atomic mass is 16.3. The Balaban J connectivity index is 1.63. The number of benzene rings is 1. The first-order valence-electron chi connectivity index (χ1n) is 8.46. The molecule has 0 unspecified atom stereocenters. The van der Waals surface area contributed by atoms with Crippen molar-refractivity contribution < 1.29 is 9.90 Å². The van der Waals surface area contributed by atoms with Crippen molar-refractivity contribution in [3.05, 3.63) is 48.3 Å². The number of fused-ring (bicyclic) bond motifs is 1. The molecule has 0 saturated heterocycles. The predicted octanol–water partition coefficient (Wildman–Crippen LogP) is 2.50. The van der Waals surface area contributed by atoms with Crippen molar-refractivity contribution in [1.29, 1.82) is 0 Å². The number of H-pyrrole nitrogens is 1. The van der Waals surface area contributed by atoms with E-state index in [9.17, 15) is 9.90 Å². The highest BCUT2D eigenvalue weighted by Crippen LogP contribution is 2.19. The number of urea groups is 1. The summed E-state index contributed by atoms with van der Waals surface area (Å²) in [6.07, 6.45) is 5.05. The molecule has 3 aromatic rings. The zero-order chi connectivity index (χ0) is 17.6. The van der Waals surface area contributed by atoms with Gasteiger partial charge in [0, 0.05) is 29.7 Å². The number of aliphatic hydroxyl groups excluding tert-OH is 1. The van der Waals surface area contributed by atoms with Crippen LogP contribution < -0.4 is 10.6 Å². The smallest absolute Gasteiger partial charge is 0.320 e. The molecule has 0 aliphatic rings. The quantitative estimate of drug-likeness (QED) is 0.532. The molecule has 0 fully saturated rings. The molecule has 1 aromatic carbocycles. The van der Waals surface area contributed by atoms with Crippen molar-refractivity contribution in [2.45, 2.75) is 32.4 Å². The molecule has 0 radical (unpaired) electrons. The van der Waals surface area contributed by atoms with Gasteiger partial charge in [0.1, 0.15) is 5.82 Å². The van der Waals surface area contributed by atoms with Gasteiger partial charge < -0.3 is 15.4 Å². The fraction of sp³-hybridized carbons (Fsp3) is 0.333. The molecule has 0 aliphatic heterocycles. The van der Waals surface area contributed by atoms with Gasteiger partial charge in [0.15, 0.2) is 0 Å². The van der Waals surface area contributed by atoms with E-state index in [1.54, 1.807) is 16.9 Å². The van der Waals surface area contributed by atoms with Crippen molar-refractivity contribution in [2.75, 3.05) is 11.9 Å². The Hall–Kier alpha value is -2.80. The summed E-state index contributed by atoms with van der Waals surface area (Å²) in [5.41, 5.74) is 2.10. The summed E-state index contributed by atoms with van der Waals surface area (Å²) >= 11 is 0. The van der Waals surface area contributed by atoms with Crippen molar-refractivity contribution in [3.63, 3.8) is 0 Å². The molecule has 25 heavy (non-hydrogen) atoms. The van der Waals surface area contributed by atoms with Gasteiger partial charge in [0.25, 0.3) is 0 Å². The molecule has 7 heteroatoms. The van der Waals surface area contributed by atoms with Gasteiger partial charge in [-0.2, -0.15) is 5.10 Å². The number of rotatable bonds is 7. The van der Waals surface area contributed by atoms with Crippen molar-refractivity contribution in [1.82, 2.24) is 20.1 Å². The molecule has 2 heterocycles. The number of para-hydroxylation sites is 1. The van der Waals surface area contributed by atoms with Crippen LogP contribution in [-0.4, -0.2) is 38.6 Å². The number of amides is 2. The molecule has 2 amide bonds. The minimum Gasteiger partial charge on any atom is -0.394 e. The molecule has 2 aromatic heterocycles. The monoisotopic (exact) mass is 341 g/mol. The summed E-state index contributed by atoms with van der Waals surface area (Å²) in [6.45, 7) is 2.65. The number of nitrogens with one attached hydrogen (secondary N) is 3. The van der Waals surface area contributed by atoms with Gasteiger partial charge in [-0.3, -0.25) is 5.32 Å². The largest absolute Gasteiger partial charge is 0.394 e. The molecular weight excluding hydrogens is 318 g/mol. The first-order valence-corrected chi connectivity index (χ1v) is 8.46. The number of nitrogens with zero attached hydrogens (tertiary/aromatic N) is 2. The van der Waals surface area contributed by atoms with Crippen LogP contribution in [0.25, 0.3) is 10.9 Å². The van der Waals surface area contributed by atoms with Crippen molar-refractivity contribution in [3.8, 4) is 0 Å². The van der Waals surface area contributed by atoms with Crippen LogP contribution in [0.15, 0.2) is 42.7 Å². The van der Waals surface area contributed by atoms with E-state index in [4.69, 9.17) is 0 Å². The zero-order valence-electron chi connectivity index (χ0n) is 14.2. The summed E-state index contributed by atoms with van der Waals surface area (Å²) < 4.78 is 1.74. The van der Waals surface area contributed by atoms with Crippen molar-refractivity contribution >= 4 is 22.8 Å². The van der Waals surface area contributed by atoms with Crippen LogP contribution in [0.2, 0.25) is 0 Å². The number of anilines is 1. The van der Waals surface area contributed by atoms with E-state index < -0.39 is 0 Å². The number of aromatic nitrogens is 3. The highest BCUT2D eigenvalue weighted by molar-refractivity contribution is 5.88. The third-order valence-electron chi connectivity index (χ3n) is 4.09. The van der Waals surface area contributed by atoms with E-state index in [0.29, 0.717) is 12.2 Å². The lowest BCUT2D eigenvalue weighted by Gasteiger charge is -2.17. The average molecular weight is 341 g/mol. The van der Waals surface area contributed by atoms with Gasteiger partial charge in [0.2, 0.25) is 0 Å². The Morgan fingerprint density at radius 3 is 3.00 bits per heavy atom. The molecule has 0 spiro atoms. The Bertz CT molecular complexity index is 839. The van der Waals surface area contributed by atoms with Crippen LogP contribution in [0.4, 0.5) is 10.6 Å². The van der Waals surface area contributed by atoms with Crippen molar-refractivity contribution in [2.24, 2.45) is 0 Å². The maximum Gasteiger partial charge on any atom is 0.320 e. The number of aromatic amines is 1. The second kappa shape index (κ2) is 7.85. The molecule has 7 nitrogen and oxygen atoms in total. The molecular formula is C18H23N5O2. The van der Waals surface area contributed by atoms with Gasteiger partial charge in [-0.1, -0.05) is 25.1 Å². The second-order valence-corrected chi connectivity index (χ2v) is 5.98. The van der Waals surface area contributed by atoms with Gasteiger partial charge in [-0.05, 0) is 24.5 Å². The highest BCUT2D eigenvalue weighted by Gasteiger charge is 2.15. The fourth-order valence-electron chi connectivity index (χ4n) is 2.89. The van der Waals surface area contributed by atoms with Gasteiger partial charge in [-0.15, -0.1) is 0 Å². The van der Waals surface area contributed by atoms with E-state index in [1.165, 1.54) is 0 Å². The maximum atomic E-state index is 12.2. The number of carbonyl (C=O) groups is 1. The Kier molecular flexibility index (Phi) is 5.35. The molecule has 132 valence electrons. The van der Waals surface area contributed by atoms with Gasteiger partial charge in [0.05, 0.1) is 18.8 Å². The molecule has 4 N–H and O–H groups in total. The lowest BCUT2D eigenvalue weighted by Crippen LogP contribution is -2.41. The number of carbonyl (C=O) groups excluding carboxylic acids is 1. The molecule has 0 bridgehead atoms. The zero-order valence-corrected chi connectivity index (χ0v) is 14.2. The summed E-state index contributed by atoms with van der Waals surface area (Å²) in [5, 5.41) is 20.5. The third-order valence-corrected chi connectivity index (χ3v) is 4.09. The molecule has 0 saturated carbocycles. The SMILES string of the molecule is CCCn1nccc1NC(=O)N[C@@H](CO)Cc1c[nH]c2ccccc12. The molecule has 3 rings (SSSR count). The fourth-order valence-corrected chi connectivity index (χ4v) is 2.89. The normalized spacial score (nSPS) is 12.2. The Morgan fingerprint density at radius 2 is 2.20 bits per heavy atom. The summed E-state index contributed by atoms with van der Waals surface area (Å²) in [7, 11) is 0. The number of hydrogen-bond acceptors (Lipinski definition) is 3. The Labute approximate surface area is 146 Å². The molecule has 0 aliphatic carbocycles. The first kappa shape index (κ1) is 17.0. The summed E-state index contributed by atoms with van der Waals surface area (Å²) in [4.78, 5) is 15.5. The maximum absolute atomic E-state index is 12.2. The van der Waals surface area contributed by atoms with Gasteiger partial charge >= 0.3 is 6.03 Å². The third kappa shape index (κ3) is 4.00. The predicted molar refractivity (Wildman–Crippen MR) is 97.5 cm³/mol. The van der Waals surface area contributed by atoms with Crippen LogP contribution in [0.3, 0.4) is 0 Å². The van der Waals surface area contributed by atoms with E-state index in [1.807, 2.05) is 30.5 Å². The number of aliphatic hydroxyl groups is 1. The summed E-state index contributed by atoms with van der Waals surface area (Å²) in [6, 6.07) is 9.00. The van der Waals surface area contributed by atoms with Gasteiger partial charge in [-0.25, -0.2) is 9.48 Å².